The lowest BCUT2D eigenvalue weighted by Gasteiger charge is -2.33. The first-order valence-corrected chi connectivity index (χ1v) is 10.9. The van der Waals surface area contributed by atoms with Gasteiger partial charge in [0, 0.05) is 31.5 Å². The largest absolute Gasteiger partial charge is 0.492 e. The number of nitrogens with zero attached hydrogens (tertiary/aromatic N) is 1. The molecule has 0 radical (unpaired) electrons. The van der Waals surface area contributed by atoms with Gasteiger partial charge in [0.1, 0.15) is 5.75 Å². The van der Waals surface area contributed by atoms with Gasteiger partial charge < -0.3 is 15.0 Å². The Morgan fingerprint density at radius 3 is 2.60 bits per heavy atom. The summed E-state index contributed by atoms with van der Waals surface area (Å²) in [6.45, 7) is 5.92. The molecule has 1 fully saturated rings. The first-order valence-electron chi connectivity index (χ1n) is 10.9. The van der Waals surface area contributed by atoms with Gasteiger partial charge in [-0.2, -0.15) is 0 Å². The number of aryl methyl sites for hydroxylation is 1. The minimum absolute atomic E-state index is 0.0688. The Hall–Kier alpha value is -2.82. The molecule has 1 aliphatic rings. The zero-order valence-corrected chi connectivity index (χ0v) is 18.0. The third-order valence-corrected chi connectivity index (χ3v) is 5.37. The zero-order valence-electron chi connectivity index (χ0n) is 18.0. The van der Waals surface area contributed by atoms with Crippen molar-refractivity contribution in [2.45, 2.75) is 45.6 Å². The Labute approximate surface area is 179 Å². The van der Waals surface area contributed by atoms with Gasteiger partial charge in [0.15, 0.2) is 0 Å². The average Bonchev–Trinajstić information content (AvgIpc) is 2.76. The molecule has 0 spiro atoms. The van der Waals surface area contributed by atoms with Crippen molar-refractivity contribution < 1.29 is 14.3 Å². The van der Waals surface area contributed by atoms with Gasteiger partial charge in [-0.15, -0.1) is 0 Å². The Morgan fingerprint density at radius 1 is 1.10 bits per heavy atom. The van der Waals surface area contributed by atoms with E-state index in [1.54, 1.807) is 6.07 Å². The molecule has 3 rings (SSSR count). The molecule has 1 unspecified atom stereocenters. The molecule has 5 heteroatoms. The number of benzene rings is 2. The molecule has 2 aromatic rings. The van der Waals surface area contributed by atoms with Crippen LogP contribution in [0.2, 0.25) is 0 Å². The highest BCUT2D eigenvalue weighted by Crippen LogP contribution is 2.22. The molecule has 30 heavy (non-hydrogen) atoms. The van der Waals surface area contributed by atoms with Gasteiger partial charge in [-0.05, 0) is 50.8 Å². The molecule has 2 aromatic carbocycles. The van der Waals surface area contributed by atoms with Crippen LogP contribution in [0.25, 0.3) is 0 Å². The number of amides is 2. The third kappa shape index (κ3) is 6.34. The van der Waals surface area contributed by atoms with E-state index in [9.17, 15) is 9.59 Å². The molecule has 1 atom stereocenters. The summed E-state index contributed by atoms with van der Waals surface area (Å²) in [7, 11) is 0. The van der Waals surface area contributed by atoms with Crippen LogP contribution in [0.3, 0.4) is 0 Å². The van der Waals surface area contributed by atoms with Crippen molar-refractivity contribution in [3.8, 4) is 5.75 Å². The SMILES string of the molecule is CC(C)NC(=O)c1ccccc1OCC1CCCN(C(=O)CCc2ccccc2)C1. The predicted octanol–water partition coefficient (Wildman–Crippen LogP) is 4.08. The summed E-state index contributed by atoms with van der Waals surface area (Å²) in [5.41, 5.74) is 1.75. The number of para-hydroxylation sites is 1. The summed E-state index contributed by atoms with van der Waals surface area (Å²) >= 11 is 0. The van der Waals surface area contributed by atoms with E-state index in [1.807, 2.05) is 55.1 Å². The highest BCUT2D eigenvalue weighted by atomic mass is 16.5. The van der Waals surface area contributed by atoms with Crippen LogP contribution in [0.15, 0.2) is 54.6 Å². The number of hydrogen-bond donors (Lipinski definition) is 1. The van der Waals surface area contributed by atoms with Gasteiger partial charge in [-0.1, -0.05) is 42.5 Å². The van der Waals surface area contributed by atoms with Crippen LogP contribution in [0.5, 0.6) is 5.75 Å². The number of hydrogen-bond acceptors (Lipinski definition) is 3. The molecule has 0 aliphatic carbocycles. The summed E-state index contributed by atoms with van der Waals surface area (Å²) < 4.78 is 6.04. The first kappa shape index (κ1) is 21.9. The van der Waals surface area contributed by atoms with E-state index in [1.165, 1.54) is 5.56 Å². The lowest BCUT2D eigenvalue weighted by molar-refractivity contribution is -0.133. The fraction of sp³-hybridized carbons (Fsp3) is 0.440. The maximum absolute atomic E-state index is 12.7. The number of carbonyl (C=O) groups is 2. The fourth-order valence-corrected chi connectivity index (χ4v) is 3.81. The Morgan fingerprint density at radius 2 is 1.83 bits per heavy atom. The molecular weight excluding hydrogens is 376 g/mol. The molecule has 5 nitrogen and oxygen atoms in total. The summed E-state index contributed by atoms with van der Waals surface area (Å²) in [5, 5.41) is 2.92. The number of carbonyl (C=O) groups excluding carboxylic acids is 2. The van der Waals surface area contributed by atoms with E-state index in [4.69, 9.17) is 4.74 Å². The lowest BCUT2D eigenvalue weighted by atomic mass is 9.98. The smallest absolute Gasteiger partial charge is 0.255 e. The standard InChI is InChI=1S/C25H32N2O3/c1-19(2)26-25(29)22-12-6-7-13-23(22)30-18-21-11-8-16-27(17-21)24(28)15-14-20-9-4-3-5-10-20/h3-7,9-10,12-13,19,21H,8,11,14-18H2,1-2H3,(H,26,29). The van der Waals surface area contributed by atoms with Gasteiger partial charge in [0.05, 0.1) is 12.2 Å². The van der Waals surface area contributed by atoms with E-state index < -0.39 is 0 Å². The highest BCUT2D eigenvalue weighted by Gasteiger charge is 2.24. The molecule has 1 N–H and O–H groups in total. The second-order valence-electron chi connectivity index (χ2n) is 8.27. The Kier molecular flexibility index (Phi) is 7.89. The fourth-order valence-electron chi connectivity index (χ4n) is 3.81. The quantitative estimate of drug-likeness (QED) is 0.716. The summed E-state index contributed by atoms with van der Waals surface area (Å²) in [5.74, 6) is 0.964. The van der Waals surface area contributed by atoms with Crippen molar-refractivity contribution in [3.63, 3.8) is 0 Å². The molecule has 1 aliphatic heterocycles. The minimum atomic E-state index is -0.123. The van der Waals surface area contributed by atoms with E-state index in [-0.39, 0.29) is 23.8 Å². The van der Waals surface area contributed by atoms with Crippen molar-refractivity contribution >= 4 is 11.8 Å². The second-order valence-corrected chi connectivity index (χ2v) is 8.27. The Bertz CT molecular complexity index is 835. The minimum Gasteiger partial charge on any atom is -0.492 e. The number of likely N-dealkylation sites (tertiary alicyclic amines) is 1. The van der Waals surface area contributed by atoms with E-state index >= 15 is 0 Å². The summed E-state index contributed by atoms with van der Waals surface area (Å²) in [4.78, 5) is 27.1. The monoisotopic (exact) mass is 408 g/mol. The van der Waals surface area contributed by atoms with E-state index in [0.29, 0.717) is 30.9 Å². The van der Waals surface area contributed by atoms with Gasteiger partial charge in [-0.25, -0.2) is 0 Å². The number of piperidine rings is 1. The molecule has 0 saturated carbocycles. The molecule has 1 heterocycles. The van der Waals surface area contributed by atoms with Crippen molar-refractivity contribution in [2.24, 2.45) is 5.92 Å². The van der Waals surface area contributed by atoms with Crippen LogP contribution in [0.4, 0.5) is 0 Å². The number of nitrogens with one attached hydrogen (secondary N) is 1. The number of rotatable bonds is 8. The molecular formula is C25H32N2O3. The normalized spacial score (nSPS) is 16.4. The van der Waals surface area contributed by atoms with Gasteiger partial charge >= 0.3 is 0 Å². The van der Waals surface area contributed by atoms with E-state index in [0.717, 1.165) is 25.8 Å². The maximum atomic E-state index is 12.7. The predicted molar refractivity (Wildman–Crippen MR) is 119 cm³/mol. The van der Waals surface area contributed by atoms with Gasteiger partial charge in [0.2, 0.25) is 5.91 Å². The molecule has 0 aromatic heterocycles. The van der Waals surface area contributed by atoms with Gasteiger partial charge in [-0.3, -0.25) is 9.59 Å². The van der Waals surface area contributed by atoms with Crippen LogP contribution < -0.4 is 10.1 Å². The second kappa shape index (κ2) is 10.8. The molecule has 2 amide bonds. The van der Waals surface area contributed by atoms with Crippen molar-refractivity contribution in [2.75, 3.05) is 19.7 Å². The van der Waals surface area contributed by atoms with Gasteiger partial charge in [0.25, 0.3) is 5.91 Å². The molecule has 0 bridgehead atoms. The zero-order chi connectivity index (χ0) is 21.3. The van der Waals surface area contributed by atoms with Crippen LogP contribution in [-0.4, -0.2) is 42.5 Å². The van der Waals surface area contributed by atoms with Crippen molar-refractivity contribution in [3.05, 3.63) is 65.7 Å². The van der Waals surface area contributed by atoms with Crippen molar-refractivity contribution in [1.29, 1.82) is 0 Å². The van der Waals surface area contributed by atoms with Crippen LogP contribution in [-0.2, 0) is 11.2 Å². The summed E-state index contributed by atoms with van der Waals surface area (Å²) in [6, 6.07) is 17.5. The highest BCUT2D eigenvalue weighted by molar-refractivity contribution is 5.97. The maximum Gasteiger partial charge on any atom is 0.255 e. The van der Waals surface area contributed by atoms with Crippen LogP contribution in [0.1, 0.15) is 49.0 Å². The molecule has 1 saturated heterocycles. The lowest BCUT2D eigenvalue weighted by Crippen LogP contribution is -2.41. The third-order valence-electron chi connectivity index (χ3n) is 5.37. The summed E-state index contributed by atoms with van der Waals surface area (Å²) in [6.07, 6.45) is 3.33. The average molecular weight is 409 g/mol. The van der Waals surface area contributed by atoms with E-state index in [2.05, 4.69) is 17.4 Å². The topological polar surface area (TPSA) is 58.6 Å². The molecule has 160 valence electrons. The van der Waals surface area contributed by atoms with Crippen LogP contribution >= 0.6 is 0 Å². The first-order chi connectivity index (χ1) is 14.5. The number of ether oxygens (including phenoxy) is 1. The Balaban J connectivity index is 1.52. The van der Waals surface area contributed by atoms with Crippen molar-refractivity contribution in [1.82, 2.24) is 10.2 Å². The van der Waals surface area contributed by atoms with Crippen LogP contribution in [0, 0.1) is 5.92 Å².